The Bertz CT molecular complexity index is 357. The van der Waals surface area contributed by atoms with Crippen LogP contribution in [0.15, 0.2) is 18.2 Å². The highest BCUT2D eigenvalue weighted by molar-refractivity contribution is 5.48. The number of halogens is 1. The van der Waals surface area contributed by atoms with Crippen molar-refractivity contribution >= 4 is 5.69 Å². The van der Waals surface area contributed by atoms with Gasteiger partial charge < -0.3 is 10.1 Å². The van der Waals surface area contributed by atoms with Gasteiger partial charge in [0.15, 0.2) is 11.6 Å². The zero-order chi connectivity index (χ0) is 11.1. The van der Waals surface area contributed by atoms with Crippen LogP contribution >= 0.6 is 0 Å². The Morgan fingerprint density at radius 1 is 1.53 bits per heavy atom. The summed E-state index contributed by atoms with van der Waals surface area (Å²) in [5, 5.41) is 3.14. The highest BCUT2D eigenvalue weighted by Crippen LogP contribution is 2.21. The maximum absolute atomic E-state index is 13.0. The van der Waals surface area contributed by atoms with Crippen molar-refractivity contribution in [2.24, 2.45) is 0 Å². The molecule has 1 aromatic rings. The number of nitrogens with one attached hydrogen (secondary N) is 1. The summed E-state index contributed by atoms with van der Waals surface area (Å²) in [6, 6.07) is 4.68. The molecule has 0 amide bonds. The second kappa shape index (κ2) is 5.92. The molecule has 0 atom stereocenters. The Balaban J connectivity index is 2.52. The van der Waals surface area contributed by atoms with Crippen molar-refractivity contribution in [3.05, 3.63) is 24.0 Å². The third-order valence-electron chi connectivity index (χ3n) is 1.98. The van der Waals surface area contributed by atoms with E-state index in [-0.39, 0.29) is 11.6 Å². The first-order chi connectivity index (χ1) is 7.27. The standard InChI is InChI=1S/C12H14FNO/c1-3-4-5-8-14-10-6-7-11(13)12(9-10)15-2/h1,6-7,9,14H,4-5,8H2,2H3. The van der Waals surface area contributed by atoms with Gasteiger partial charge in [-0.15, -0.1) is 12.3 Å². The highest BCUT2D eigenvalue weighted by Gasteiger charge is 2.02. The lowest BCUT2D eigenvalue weighted by Gasteiger charge is -2.07. The molecule has 1 N–H and O–H groups in total. The fourth-order valence-corrected chi connectivity index (χ4v) is 1.19. The molecule has 0 aliphatic rings. The van der Waals surface area contributed by atoms with E-state index in [0.29, 0.717) is 0 Å². The number of rotatable bonds is 5. The van der Waals surface area contributed by atoms with Crippen LogP contribution in [-0.4, -0.2) is 13.7 Å². The van der Waals surface area contributed by atoms with E-state index in [2.05, 4.69) is 11.2 Å². The van der Waals surface area contributed by atoms with Crippen LogP contribution in [0.25, 0.3) is 0 Å². The molecule has 0 aromatic heterocycles. The summed E-state index contributed by atoms with van der Waals surface area (Å²) in [7, 11) is 1.44. The minimum atomic E-state index is -0.355. The normalized spacial score (nSPS) is 9.40. The van der Waals surface area contributed by atoms with Crippen LogP contribution in [-0.2, 0) is 0 Å². The number of ether oxygens (including phenoxy) is 1. The first kappa shape index (κ1) is 11.4. The minimum Gasteiger partial charge on any atom is -0.494 e. The summed E-state index contributed by atoms with van der Waals surface area (Å²) in [4.78, 5) is 0. The molecule has 0 spiro atoms. The molecule has 0 aliphatic heterocycles. The van der Waals surface area contributed by atoms with Gasteiger partial charge in [-0.05, 0) is 18.6 Å². The number of hydrogen-bond donors (Lipinski definition) is 1. The summed E-state index contributed by atoms with van der Waals surface area (Å²) >= 11 is 0. The van der Waals surface area contributed by atoms with Crippen molar-refractivity contribution in [2.75, 3.05) is 19.0 Å². The van der Waals surface area contributed by atoms with E-state index in [1.54, 1.807) is 12.1 Å². The Hall–Kier alpha value is -1.69. The van der Waals surface area contributed by atoms with E-state index in [1.165, 1.54) is 13.2 Å². The molecule has 1 aromatic carbocycles. The lowest BCUT2D eigenvalue weighted by atomic mass is 10.2. The van der Waals surface area contributed by atoms with E-state index in [9.17, 15) is 4.39 Å². The molecule has 3 heteroatoms. The van der Waals surface area contributed by atoms with Crippen molar-refractivity contribution in [3.63, 3.8) is 0 Å². The number of unbranched alkanes of at least 4 members (excludes halogenated alkanes) is 1. The van der Waals surface area contributed by atoms with Crippen molar-refractivity contribution in [1.82, 2.24) is 0 Å². The summed E-state index contributed by atoms with van der Waals surface area (Å²) in [6.07, 6.45) is 6.77. The smallest absolute Gasteiger partial charge is 0.165 e. The topological polar surface area (TPSA) is 21.3 Å². The van der Waals surface area contributed by atoms with E-state index in [1.807, 2.05) is 0 Å². The summed E-state index contributed by atoms with van der Waals surface area (Å²) in [5.74, 6) is 2.45. The Morgan fingerprint density at radius 2 is 2.33 bits per heavy atom. The van der Waals surface area contributed by atoms with Crippen LogP contribution in [0.2, 0.25) is 0 Å². The maximum atomic E-state index is 13.0. The van der Waals surface area contributed by atoms with Crippen LogP contribution in [0.1, 0.15) is 12.8 Å². The van der Waals surface area contributed by atoms with Crippen LogP contribution in [0, 0.1) is 18.2 Å². The summed E-state index contributed by atoms with van der Waals surface area (Å²) in [6.45, 7) is 0.777. The third kappa shape index (κ3) is 3.51. The number of terminal acetylenes is 1. The molecule has 2 nitrogen and oxygen atoms in total. The van der Waals surface area contributed by atoms with Crippen LogP contribution < -0.4 is 10.1 Å². The lowest BCUT2D eigenvalue weighted by Crippen LogP contribution is -2.01. The second-order valence-corrected chi connectivity index (χ2v) is 3.08. The molecular weight excluding hydrogens is 193 g/mol. The van der Waals surface area contributed by atoms with Gasteiger partial charge in [-0.3, -0.25) is 0 Å². The van der Waals surface area contributed by atoms with Crippen LogP contribution in [0.3, 0.4) is 0 Å². The number of hydrogen-bond acceptors (Lipinski definition) is 2. The molecule has 80 valence electrons. The molecule has 0 aliphatic carbocycles. The molecule has 0 fully saturated rings. The van der Waals surface area contributed by atoms with Crippen molar-refractivity contribution < 1.29 is 9.13 Å². The van der Waals surface area contributed by atoms with E-state index in [0.717, 1.165) is 25.1 Å². The van der Waals surface area contributed by atoms with Gasteiger partial charge in [-0.1, -0.05) is 0 Å². The largest absolute Gasteiger partial charge is 0.494 e. The molecule has 0 bridgehead atoms. The predicted molar refractivity (Wildman–Crippen MR) is 59.5 cm³/mol. The Kier molecular flexibility index (Phi) is 4.49. The van der Waals surface area contributed by atoms with Crippen molar-refractivity contribution in [2.45, 2.75) is 12.8 Å². The van der Waals surface area contributed by atoms with E-state index < -0.39 is 0 Å². The lowest BCUT2D eigenvalue weighted by molar-refractivity contribution is 0.387. The fourth-order valence-electron chi connectivity index (χ4n) is 1.19. The Morgan fingerprint density at radius 3 is 3.00 bits per heavy atom. The molecule has 1 rings (SSSR count). The second-order valence-electron chi connectivity index (χ2n) is 3.08. The first-order valence-electron chi connectivity index (χ1n) is 4.79. The molecule has 0 saturated carbocycles. The fraction of sp³-hybridized carbons (Fsp3) is 0.333. The van der Waals surface area contributed by atoms with Gasteiger partial charge >= 0.3 is 0 Å². The highest BCUT2D eigenvalue weighted by atomic mass is 19.1. The summed E-state index contributed by atoms with van der Waals surface area (Å²) < 4.78 is 17.9. The quantitative estimate of drug-likeness (QED) is 0.592. The molecule has 15 heavy (non-hydrogen) atoms. The molecule has 0 saturated heterocycles. The van der Waals surface area contributed by atoms with Gasteiger partial charge in [0.05, 0.1) is 7.11 Å². The first-order valence-corrected chi connectivity index (χ1v) is 4.79. The number of benzene rings is 1. The van der Waals surface area contributed by atoms with E-state index >= 15 is 0 Å². The Labute approximate surface area is 89.4 Å². The molecule has 0 heterocycles. The predicted octanol–water partition coefficient (Wildman–Crippen LogP) is 2.66. The number of methoxy groups -OCH3 is 1. The SMILES string of the molecule is C#CCCCNc1ccc(F)c(OC)c1. The molecule has 0 unspecified atom stereocenters. The zero-order valence-corrected chi connectivity index (χ0v) is 8.72. The average Bonchev–Trinajstić information content (AvgIpc) is 2.26. The van der Waals surface area contributed by atoms with Gasteiger partial charge in [0.1, 0.15) is 0 Å². The average molecular weight is 207 g/mol. The minimum absolute atomic E-state index is 0.247. The van der Waals surface area contributed by atoms with Gasteiger partial charge in [0, 0.05) is 24.7 Å². The van der Waals surface area contributed by atoms with Gasteiger partial charge in [-0.2, -0.15) is 0 Å². The molecular formula is C12H14FNO. The molecule has 0 radical (unpaired) electrons. The van der Waals surface area contributed by atoms with Gasteiger partial charge in [0.25, 0.3) is 0 Å². The van der Waals surface area contributed by atoms with Crippen LogP contribution in [0.4, 0.5) is 10.1 Å². The van der Waals surface area contributed by atoms with Gasteiger partial charge in [0.2, 0.25) is 0 Å². The van der Waals surface area contributed by atoms with Crippen LogP contribution in [0.5, 0.6) is 5.75 Å². The third-order valence-corrected chi connectivity index (χ3v) is 1.98. The number of anilines is 1. The van der Waals surface area contributed by atoms with Crippen molar-refractivity contribution in [3.8, 4) is 18.1 Å². The van der Waals surface area contributed by atoms with Crippen molar-refractivity contribution in [1.29, 1.82) is 0 Å². The van der Waals surface area contributed by atoms with E-state index in [4.69, 9.17) is 11.2 Å². The van der Waals surface area contributed by atoms with Gasteiger partial charge in [-0.25, -0.2) is 4.39 Å². The monoisotopic (exact) mass is 207 g/mol. The zero-order valence-electron chi connectivity index (χ0n) is 8.72. The maximum Gasteiger partial charge on any atom is 0.165 e. The summed E-state index contributed by atoms with van der Waals surface area (Å²) in [5.41, 5.74) is 0.838.